The highest BCUT2D eigenvalue weighted by Gasteiger charge is 2.18. The van der Waals surface area contributed by atoms with Gasteiger partial charge in [0, 0.05) is 38.2 Å². The van der Waals surface area contributed by atoms with Crippen LogP contribution in [0, 0.1) is 18.7 Å². The van der Waals surface area contributed by atoms with Crippen molar-refractivity contribution in [1.29, 1.82) is 0 Å². The summed E-state index contributed by atoms with van der Waals surface area (Å²) in [6, 6.07) is 13.0. The van der Waals surface area contributed by atoms with Crippen molar-refractivity contribution in [2.24, 2.45) is 10.9 Å². The molecule has 2 aromatic rings. The highest BCUT2D eigenvalue weighted by atomic mass is 19.1. The van der Waals surface area contributed by atoms with E-state index in [0.29, 0.717) is 31.6 Å². The van der Waals surface area contributed by atoms with Crippen LogP contribution in [0.3, 0.4) is 0 Å². The van der Waals surface area contributed by atoms with Crippen molar-refractivity contribution >= 4 is 5.96 Å². The summed E-state index contributed by atoms with van der Waals surface area (Å²) in [5.41, 5.74) is 3.16. The van der Waals surface area contributed by atoms with Crippen molar-refractivity contribution in [2.75, 3.05) is 47.5 Å². The van der Waals surface area contributed by atoms with Gasteiger partial charge in [-0.05, 0) is 56.8 Å². The van der Waals surface area contributed by atoms with Gasteiger partial charge in [0.05, 0.1) is 19.3 Å². The van der Waals surface area contributed by atoms with Crippen molar-refractivity contribution in [2.45, 2.75) is 25.9 Å². The monoisotopic (exact) mass is 442 g/mol. The second-order valence-corrected chi connectivity index (χ2v) is 8.49. The van der Waals surface area contributed by atoms with E-state index in [2.05, 4.69) is 45.6 Å². The third kappa shape index (κ3) is 6.93. The van der Waals surface area contributed by atoms with E-state index in [0.717, 1.165) is 42.1 Å². The third-order valence-corrected chi connectivity index (χ3v) is 5.71. The van der Waals surface area contributed by atoms with Gasteiger partial charge in [0.15, 0.2) is 5.96 Å². The third-order valence-electron chi connectivity index (χ3n) is 5.71. The van der Waals surface area contributed by atoms with Crippen LogP contribution in [0.5, 0.6) is 5.75 Å². The average Bonchev–Trinajstić information content (AvgIpc) is 3.29. The molecule has 0 aliphatic carbocycles. The number of ether oxygens (including phenoxy) is 2. The first-order valence-corrected chi connectivity index (χ1v) is 11.1. The number of aliphatic imine (C=N–C) groups is 1. The zero-order valence-corrected chi connectivity index (χ0v) is 19.5. The molecule has 0 bridgehead atoms. The topological polar surface area (TPSA) is 58.1 Å². The first-order chi connectivity index (χ1) is 15.5. The van der Waals surface area contributed by atoms with E-state index in [-0.39, 0.29) is 11.9 Å². The predicted molar refractivity (Wildman–Crippen MR) is 127 cm³/mol. The zero-order chi connectivity index (χ0) is 22.9. The highest BCUT2D eigenvalue weighted by Crippen LogP contribution is 2.23. The number of rotatable bonds is 9. The number of guanidine groups is 1. The summed E-state index contributed by atoms with van der Waals surface area (Å²) < 4.78 is 25.3. The Balaban J connectivity index is 1.58. The summed E-state index contributed by atoms with van der Waals surface area (Å²) in [6.07, 6.45) is 1.05. The van der Waals surface area contributed by atoms with E-state index in [9.17, 15) is 4.39 Å². The molecule has 0 aromatic heterocycles. The first kappa shape index (κ1) is 24.0. The number of hydrogen-bond donors (Lipinski definition) is 2. The van der Waals surface area contributed by atoms with Crippen LogP contribution in [0.15, 0.2) is 47.5 Å². The van der Waals surface area contributed by atoms with Gasteiger partial charge in [-0.25, -0.2) is 4.39 Å². The summed E-state index contributed by atoms with van der Waals surface area (Å²) >= 11 is 0. The maximum Gasteiger partial charge on any atom is 0.191 e. The van der Waals surface area contributed by atoms with Crippen molar-refractivity contribution in [3.63, 3.8) is 0 Å². The van der Waals surface area contributed by atoms with Crippen molar-refractivity contribution < 1.29 is 13.9 Å². The Kier molecular flexibility index (Phi) is 8.88. The maximum atomic E-state index is 13.7. The van der Waals surface area contributed by atoms with Crippen LogP contribution in [-0.2, 0) is 11.3 Å². The Hall–Kier alpha value is -2.64. The van der Waals surface area contributed by atoms with Gasteiger partial charge in [0.1, 0.15) is 11.6 Å². The Morgan fingerprint density at radius 1 is 1.25 bits per heavy atom. The van der Waals surface area contributed by atoms with E-state index >= 15 is 0 Å². The normalized spacial score (nSPS) is 17.4. The van der Waals surface area contributed by atoms with Crippen LogP contribution in [0.2, 0.25) is 0 Å². The van der Waals surface area contributed by atoms with Crippen LogP contribution in [0.4, 0.5) is 4.39 Å². The van der Waals surface area contributed by atoms with Gasteiger partial charge in [-0.3, -0.25) is 4.99 Å². The second-order valence-electron chi connectivity index (χ2n) is 8.49. The number of nitrogens with zero attached hydrogens (tertiary/aromatic N) is 2. The standard InChI is InChI=1S/C25H35FN4O2/c1-18-8-9-21(24(12-18)32-17-19-10-11-31-16-19)14-28-25(27-2)29-15-23(30(3)4)20-6-5-7-22(26)13-20/h5-9,12-13,19,23H,10-11,14-17H2,1-4H3,(H2,27,28,29). The fourth-order valence-corrected chi connectivity index (χ4v) is 3.77. The van der Waals surface area contributed by atoms with Gasteiger partial charge in [-0.15, -0.1) is 0 Å². The molecule has 2 N–H and O–H groups in total. The van der Waals surface area contributed by atoms with E-state index in [1.54, 1.807) is 19.2 Å². The van der Waals surface area contributed by atoms with Gasteiger partial charge in [0.25, 0.3) is 0 Å². The Morgan fingerprint density at radius 3 is 2.78 bits per heavy atom. The molecule has 32 heavy (non-hydrogen) atoms. The smallest absolute Gasteiger partial charge is 0.191 e. The molecule has 1 fully saturated rings. The Bertz CT molecular complexity index is 897. The number of likely N-dealkylation sites (N-methyl/N-ethyl adjacent to an activating group) is 1. The maximum absolute atomic E-state index is 13.7. The number of nitrogens with one attached hydrogen (secondary N) is 2. The first-order valence-electron chi connectivity index (χ1n) is 11.1. The van der Waals surface area contributed by atoms with Crippen LogP contribution in [0.25, 0.3) is 0 Å². The molecule has 174 valence electrons. The summed E-state index contributed by atoms with van der Waals surface area (Å²) in [4.78, 5) is 6.41. The molecule has 0 radical (unpaired) electrons. The lowest BCUT2D eigenvalue weighted by atomic mass is 10.1. The molecule has 2 atom stereocenters. The minimum atomic E-state index is -0.229. The molecule has 1 heterocycles. The van der Waals surface area contributed by atoms with Gasteiger partial charge >= 0.3 is 0 Å². The van der Waals surface area contributed by atoms with E-state index in [1.807, 2.05) is 20.2 Å². The van der Waals surface area contributed by atoms with Crippen molar-refractivity contribution in [3.8, 4) is 5.75 Å². The predicted octanol–water partition coefficient (Wildman–Crippen LogP) is 3.52. The molecule has 6 nitrogen and oxygen atoms in total. The zero-order valence-electron chi connectivity index (χ0n) is 19.5. The molecule has 0 saturated carbocycles. The van der Waals surface area contributed by atoms with E-state index in [4.69, 9.17) is 9.47 Å². The number of halogens is 1. The molecule has 1 aliphatic heterocycles. The fraction of sp³-hybridized carbons (Fsp3) is 0.480. The molecule has 0 spiro atoms. The lowest BCUT2D eigenvalue weighted by molar-refractivity contribution is 0.166. The molecular weight excluding hydrogens is 407 g/mol. The second kappa shape index (κ2) is 11.8. The van der Waals surface area contributed by atoms with Gasteiger partial charge < -0.3 is 25.0 Å². The highest BCUT2D eigenvalue weighted by molar-refractivity contribution is 5.79. The molecule has 0 amide bonds. The molecule has 3 rings (SSSR count). The van der Waals surface area contributed by atoms with Crippen LogP contribution >= 0.6 is 0 Å². The Morgan fingerprint density at radius 2 is 2.09 bits per heavy atom. The average molecular weight is 443 g/mol. The largest absolute Gasteiger partial charge is 0.493 e. The van der Waals surface area contributed by atoms with Gasteiger partial charge in [-0.2, -0.15) is 0 Å². The Labute approximate surface area is 190 Å². The quantitative estimate of drug-likeness (QED) is 0.460. The van der Waals surface area contributed by atoms with Crippen molar-refractivity contribution in [3.05, 3.63) is 65.0 Å². The summed E-state index contributed by atoms with van der Waals surface area (Å²) in [5, 5.41) is 6.74. The van der Waals surface area contributed by atoms with E-state index in [1.165, 1.54) is 6.07 Å². The van der Waals surface area contributed by atoms with Crippen LogP contribution in [0.1, 0.15) is 29.2 Å². The fourth-order valence-electron chi connectivity index (χ4n) is 3.77. The molecule has 1 aliphatic rings. The SMILES string of the molecule is CN=C(NCc1ccc(C)cc1OCC1CCOC1)NCC(c1cccc(F)c1)N(C)C. The molecule has 1 saturated heterocycles. The summed E-state index contributed by atoms with van der Waals surface area (Å²) in [7, 11) is 5.71. The lowest BCUT2D eigenvalue weighted by Crippen LogP contribution is -2.41. The van der Waals surface area contributed by atoms with E-state index < -0.39 is 0 Å². The summed E-state index contributed by atoms with van der Waals surface area (Å²) in [5.74, 6) is 1.80. The lowest BCUT2D eigenvalue weighted by Gasteiger charge is -2.26. The number of hydrogen-bond acceptors (Lipinski definition) is 4. The molecule has 7 heteroatoms. The minimum Gasteiger partial charge on any atom is -0.493 e. The van der Waals surface area contributed by atoms with Crippen LogP contribution < -0.4 is 15.4 Å². The van der Waals surface area contributed by atoms with Gasteiger partial charge in [0.2, 0.25) is 0 Å². The van der Waals surface area contributed by atoms with Crippen LogP contribution in [-0.4, -0.2) is 58.4 Å². The summed E-state index contributed by atoms with van der Waals surface area (Å²) in [6.45, 7) is 5.51. The number of benzene rings is 2. The van der Waals surface area contributed by atoms with Crippen molar-refractivity contribution in [1.82, 2.24) is 15.5 Å². The molecule has 2 aromatic carbocycles. The van der Waals surface area contributed by atoms with Gasteiger partial charge in [-0.1, -0.05) is 24.3 Å². The molecular formula is C25H35FN4O2. The number of aryl methyl sites for hydroxylation is 1. The molecule has 2 unspecified atom stereocenters. The minimum absolute atomic E-state index is 0.0103.